The van der Waals surface area contributed by atoms with Crippen LogP contribution in [0.1, 0.15) is 106 Å². The summed E-state index contributed by atoms with van der Waals surface area (Å²) >= 11 is 0. The fourth-order valence-corrected chi connectivity index (χ4v) is 8.31. The zero-order valence-corrected chi connectivity index (χ0v) is 32.5. The maximum absolute atomic E-state index is 14.2. The van der Waals surface area contributed by atoms with Crippen LogP contribution in [0.3, 0.4) is 0 Å². The van der Waals surface area contributed by atoms with E-state index in [1.807, 2.05) is 44.7 Å². The molecule has 0 aromatic rings. The number of carbonyl (C=O) groups is 4. The number of Topliss-reactive ketones (excluding diaryl/α,β-unsaturated/α-hetero) is 2. The molecule has 8 atom stereocenters. The van der Waals surface area contributed by atoms with Gasteiger partial charge in [-0.05, 0) is 69.7 Å². The molecule has 1 N–H and O–H groups in total. The van der Waals surface area contributed by atoms with E-state index in [-0.39, 0.29) is 66.1 Å². The van der Waals surface area contributed by atoms with Gasteiger partial charge in [-0.25, -0.2) is 0 Å². The van der Waals surface area contributed by atoms with Gasteiger partial charge in [-0.3, -0.25) is 19.2 Å². The molecular weight excluding hydrogens is 630 g/mol. The molecule has 2 saturated heterocycles. The quantitative estimate of drug-likeness (QED) is 0.159. The van der Waals surface area contributed by atoms with E-state index < -0.39 is 23.7 Å². The zero-order chi connectivity index (χ0) is 37.0. The summed E-state index contributed by atoms with van der Waals surface area (Å²) in [6.07, 6.45) is 18.2. The van der Waals surface area contributed by atoms with Crippen LogP contribution in [-0.4, -0.2) is 97.4 Å². The first-order valence-electron chi connectivity index (χ1n) is 19.2. The molecule has 9 heteroatoms. The molecule has 0 saturated carbocycles. The Bertz CT molecular complexity index is 1200. The van der Waals surface area contributed by atoms with Crippen LogP contribution in [0.25, 0.3) is 0 Å². The lowest BCUT2D eigenvalue weighted by molar-refractivity contribution is -0.149. The van der Waals surface area contributed by atoms with Crippen LogP contribution in [-0.2, 0) is 28.7 Å². The van der Waals surface area contributed by atoms with Crippen molar-refractivity contribution >= 4 is 23.4 Å². The number of hydrogen-bond acceptors (Lipinski definition) is 7. The predicted octanol–water partition coefficient (Wildman–Crippen LogP) is 6.32. The minimum Gasteiger partial charge on any atom is -0.379 e. The van der Waals surface area contributed by atoms with E-state index in [1.54, 1.807) is 26.2 Å². The zero-order valence-electron chi connectivity index (χ0n) is 32.5. The second-order valence-electron chi connectivity index (χ2n) is 15.6. The molecule has 282 valence electrons. The van der Waals surface area contributed by atoms with Crippen LogP contribution in [0.2, 0.25) is 0 Å². The highest BCUT2D eigenvalue weighted by Gasteiger charge is 2.44. The van der Waals surface area contributed by atoms with Crippen LogP contribution in [0.4, 0.5) is 0 Å². The first kappa shape index (κ1) is 41.8. The Morgan fingerprint density at radius 1 is 0.980 bits per heavy atom. The lowest BCUT2D eigenvalue weighted by Crippen LogP contribution is -2.54. The average Bonchev–Trinajstić information content (AvgIpc) is 3.69. The van der Waals surface area contributed by atoms with E-state index in [2.05, 4.69) is 43.5 Å². The first-order valence-corrected chi connectivity index (χ1v) is 19.2. The summed E-state index contributed by atoms with van der Waals surface area (Å²) in [5.74, 6) is -0.330. The Hall–Kier alpha value is -2.62. The number of ether oxygens (including phenoxy) is 2. The molecule has 0 aromatic carbocycles. The Balaban J connectivity index is 1.70. The number of amides is 2. The van der Waals surface area contributed by atoms with E-state index in [0.717, 1.165) is 51.5 Å². The summed E-state index contributed by atoms with van der Waals surface area (Å²) in [4.78, 5) is 58.8. The largest absolute Gasteiger partial charge is 0.379 e. The van der Waals surface area contributed by atoms with Crippen LogP contribution < -0.4 is 5.32 Å². The number of likely N-dealkylation sites (N-methyl/N-ethyl adjacent to an activating group) is 1. The van der Waals surface area contributed by atoms with E-state index in [1.165, 1.54) is 0 Å². The third kappa shape index (κ3) is 10.7. The number of ketones is 2. The van der Waals surface area contributed by atoms with Crippen molar-refractivity contribution in [2.75, 3.05) is 34.4 Å². The van der Waals surface area contributed by atoms with Gasteiger partial charge in [0, 0.05) is 52.5 Å². The number of rotatable bonds is 20. The molecule has 2 fully saturated rings. The molecule has 0 unspecified atom stereocenters. The second-order valence-corrected chi connectivity index (χ2v) is 15.6. The molecule has 3 rings (SSSR count). The summed E-state index contributed by atoms with van der Waals surface area (Å²) in [5, 5.41) is 3.35. The van der Waals surface area contributed by atoms with Gasteiger partial charge in [0.25, 0.3) is 0 Å². The Morgan fingerprint density at radius 2 is 1.66 bits per heavy atom. The highest BCUT2D eigenvalue weighted by Crippen LogP contribution is 2.32. The summed E-state index contributed by atoms with van der Waals surface area (Å²) in [7, 11) is 5.05. The summed E-state index contributed by atoms with van der Waals surface area (Å²) in [6, 6.07) is -0.558. The van der Waals surface area contributed by atoms with E-state index in [4.69, 9.17) is 9.47 Å². The van der Waals surface area contributed by atoms with Gasteiger partial charge in [0.2, 0.25) is 11.8 Å². The van der Waals surface area contributed by atoms with Crippen molar-refractivity contribution in [1.82, 2.24) is 15.1 Å². The molecule has 0 radical (unpaired) electrons. The summed E-state index contributed by atoms with van der Waals surface area (Å²) in [5.41, 5.74) is -0.584. The average molecular weight is 698 g/mol. The predicted molar refractivity (Wildman–Crippen MR) is 199 cm³/mol. The molecule has 2 aliphatic heterocycles. The van der Waals surface area contributed by atoms with Gasteiger partial charge in [0.1, 0.15) is 5.78 Å². The van der Waals surface area contributed by atoms with Gasteiger partial charge in [-0.1, -0.05) is 77.5 Å². The molecule has 9 nitrogen and oxygen atoms in total. The standard InChI is InChI=1S/C41H67N3O6/c1-10-29(4)38(43(7)40(48)32(28(2)3)26-36(46)41(6)23-17-24-42-41)35(49-8)27-37(47)44-25-16-21-33(44)39(50-9)30(5)34(45)22-15-20-31-18-13-11-12-14-19-31/h11-14,18-19,28-33,35,38-39,42H,10,15-17,20-27H2,1-9H3/t29-,30-,32-,33-,35+,38-,39+,41+/m0/s1. The topological polar surface area (TPSA) is 105 Å². The fraction of sp³-hybridized carbons (Fsp3) is 0.756. The number of nitrogens with one attached hydrogen (secondary N) is 1. The highest BCUT2D eigenvalue weighted by molar-refractivity contribution is 5.92. The third-order valence-electron chi connectivity index (χ3n) is 11.9. The highest BCUT2D eigenvalue weighted by atomic mass is 16.5. The maximum atomic E-state index is 14.2. The van der Waals surface area contributed by atoms with Crippen LogP contribution >= 0.6 is 0 Å². The number of likely N-dealkylation sites (tertiary alicyclic amines) is 1. The maximum Gasteiger partial charge on any atom is 0.226 e. The fourth-order valence-electron chi connectivity index (χ4n) is 8.31. The number of methoxy groups -OCH3 is 2. The van der Waals surface area contributed by atoms with Gasteiger partial charge in [0.15, 0.2) is 5.78 Å². The van der Waals surface area contributed by atoms with Crippen molar-refractivity contribution in [3.8, 4) is 0 Å². The molecule has 50 heavy (non-hydrogen) atoms. The van der Waals surface area contributed by atoms with Gasteiger partial charge in [0.05, 0.1) is 36.3 Å². The molecular formula is C41H67N3O6. The van der Waals surface area contributed by atoms with Crippen molar-refractivity contribution in [2.24, 2.45) is 29.6 Å². The van der Waals surface area contributed by atoms with Crippen molar-refractivity contribution in [2.45, 2.75) is 136 Å². The van der Waals surface area contributed by atoms with Crippen LogP contribution in [0.5, 0.6) is 0 Å². The smallest absolute Gasteiger partial charge is 0.226 e. The lowest BCUT2D eigenvalue weighted by atomic mass is 9.82. The van der Waals surface area contributed by atoms with Gasteiger partial charge < -0.3 is 24.6 Å². The summed E-state index contributed by atoms with van der Waals surface area (Å²) in [6.45, 7) is 13.5. The Morgan fingerprint density at radius 3 is 2.22 bits per heavy atom. The van der Waals surface area contributed by atoms with E-state index in [0.29, 0.717) is 18.9 Å². The van der Waals surface area contributed by atoms with Crippen LogP contribution in [0, 0.1) is 29.6 Å². The van der Waals surface area contributed by atoms with Crippen molar-refractivity contribution in [3.05, 3.63) is 36.5 Å². The van der Waals surface area contributed by atoms with E-state index >= 15 is 0 Å². The molecule has 0 spiro atoms. The molecule has 2 heterocycles. The minimum atomic E-state index is -0.584. The normalized spacial score (nSPS) is 24.5. The third-order valence-corrected chi connectivity index (χ3v) is 11.9. The lowest BCUT2D eigenvalue weighted by Gasteiger charge is -2.41. The van der Waals surface area contributed by atoms with Gasteiger partial charge >= 0.3 is 0 Å². The Labute approximate surface area is 302 Å². The second kappa shape index (κ2) is 19.8. The van der Waals surface area contributed by atoms with Crippen molar-refractivity contribution in [3.63, 3.8) is 0 Å². The first-order chi connectivity index (χ1) is 23.8. The van der Waals surface area contributed by atoms with E-state index in [9.17, 15) is 19.2 Å². The number of hydrogen-bond donors (Lipinski definition) is 1. The number of nitrogens with zero attached hydrogens (tertiary/aromatic N) is 2. The molecule has 1 aliphatic carbocycles. The molecule has 3 aliphatic rings. The van der Waals surface area contributed by atoms with Crippen LogP contribution in [0.15, 0.2) is 36.5 Å². The van der Waals surface area contributed by atoms with Crippen molar-refractivity contribution < 1.29 is 28.7 Å². The molecule has 2 amide bonds. The van der Waals surface area contributed by atoms with Gasteiger partial charge in [-0.2, -0.15) is 0 Å². The minimum absolute atomic E-state index is 0.0251. The monoisotopic (exact) mass is 698 g/mol. The Kier molecular flexibility index (Phi) is 16.6. The number of carbonyl (C=O) groups excluding carboxylic acids is 4. The number of allylic oxidation sites excluding steroid dienone is 6. The SMILES string of the molecule is CC[C@H](C)[C@@H]([C@@H](CC(=O)N1CCC[C@H]1[C@H](OC)[C@@H](C)C(=O)CCCC1C=CC=CC=C1)OC)N(C)C(=O)[C@@H](CC(=O)[C@@]1(C)CCCN1)C(C)C. The molecule has 0 aromatic heterocycles. The van der Waals surface area contributed by atoms with Gasteiger partial charge in [-0.15, -0.1) is 0 Å². The summed E-state index contributed by atoms with van der Waals surface area (Å²) < 4.78 is 12.0. The molecule has 0 bridgehead atoms. The van der Waals surface area contributed by atoms with Crippen molar-refractivity contribution in [1.29, 1.82) is 0 Å².